The molecule has 2 N–H and O–H groups in total. The predicted octanol–water partition coefficient (Wildman–Crippen LogP) is 2.54. The predicted molar refractivity (Wildman–Crippen MR) is 103 cm³/mol. The molecule has 0 radical (unpaired) electrons. The van der Waals surface area contributed by atoms with E-state index in [0.29, 0.717) is 33.4 Å². The van der Waals surface area contributed by atoms with Crippen molar-refractivity contribution in [2.45, 2.75) is 17.3 Å². The topological polar surface area (TPSA) is 92.7 Å². The summed E-state index contributed by atoms with van der Waals surface area (Å²) in [5.74, 6) is -0.166. The summed E-state index contributed by atoms with van der Waals surface area (Å²) in [6.07, 6.45) is 3.06. The van der Waals surface area contributed by atoms with E-state index in [2.05, 4.69) is 27.0 Å². The maximum absolute atomic E-state index is 12.3. The zero-order valence-electron chi connectivity index (χ0n) is 13.9. The van der Waals surface area contributed by atoms with Crippen LogP contribution in [-0.2, 0) is 4.79 Å². The fourth-order valence-corrected chi connectivity index (χ4v) is 3.29. The molecule has 9 heteroatoms. The zero-order valence-corrected chi connectivity index (χ0v) is 15.5. The van der Waals surface area contributed by atoms with Crippen LogP contribution in [0.1, 0.15) is 6.92 Å². The van der Waals surface area contributed by atoms with Crippen LogP contribution in [0.3, 0.4) is 0 Å². The van der Waals surface area contributed by atoms with E-state index in [4.69, 9.17) is 11.6 Å². The number of rotatable bonds is 6. The Morgan fingerprint density at radius 3 is 3.08 bits per heavy atom. The smallest absolute Gasteiger partial charge is 0.262 e. The minimum absolute atomic E-state index is 0.166. The van der Waals surface area contributed by atoms with Gasteiger partial charge < -0.3 is 10.3 Å². The van der Waals surface area contributed by atoms with Gasteiger partial charge in [-0.15, -0.1) is 6.58 Å². The summed E-state index contributed by atoms with van der Waals surface area (Å²) in [7, 11) is 0. The first-order valence-electron chi connectivity index (χ1n) is 7.79. The highest BCUT2D eigenvalue weighted by Crippen LogP contribution is 2.22. The van der Waals surface area contributed by atoms with Crippen LogP contribution in [0.25, 0.3) is 16.7 Å². The molecular weight excluding hydrogens is 374 g/mol. The lowest BCUT2D eigenvalue weighted by molar-refractivity contribution is -0.120. The van der Waals surface area contributed by atoms with Crippen molar-refractivity contribution in [3.63, 3.8) is 0 Å². The first-order chi connectivity index (χ1) is 12.5. The third kappa shape index (κ3) is 3.81. The number of benzene rings is 1. The molecule has 1 atom stereocenters. The number of amides is 1. The van der Waals surface area contributed by atoms with Crippen molar-refractivity contribution in [3.05, 3.63) is 58.5 Å². The van der Waals surface area contributed by atoms with Gasteiger partial charge >= 0.3 is 0 Å². The number of aromatic nitrogens is 4. The molecule has 0 saturated heterocycles. The summed E-state index contributed by atoms with van der Waals surface area (Å²) in [4.78, 5) is 31.5. The number of carbonyl (C=O) groups is 1. The first kappa shape index (κ1) is 18.2. The Hall–Kier alpha value is -2.58. The fourth-order valence-electron chi connectivity index (χ4n) is 2.29. The van der Waals surface area contributed by atoms with Crippen molar-refractivity contribution in [1.82, 2.24) is 25.1 Å². The lowest BCUT2D eigenvalue weighted by Crippen LogP contribution is -2.31. The number of nitrogens with zero attached hydrogens (tertiary/aromatic N) is 3. The van der Waals surface area contributed by atoms with Gasteiger partial charge in [-0.3, -0.25) is 9.59 Å². The normalized spacial score (nSPS) is 12.1. The molecular formula is C17H16ClN5O2S. The lowest BCUT2D eigenvalue weighted by Gasteiger charge is -2.10. The Balaban J connectivity index is 1.96. The number of H-pyrrole nitrogens is 1. The van der Waals surface area contributed by atoms with Crippen molar-refractivity contribution < 1.29 is 4.79 Å². The van der Waals surface area contributed by atoms with Crippen molar-refractivity contribution >= 4 is 40.3 Å². The minimum Gasteiger partial charge on any atom is -0.352 e. The molecule has 1 aromatic carbocycles. The van der Waals surface area contributed by atoms with Gasteiger partial charge in [-0.2, -0.15) is 5.10 Å². The number of thioether (sulfide) groups is 1. The second-order valence-electron chi connectivity index (χ2n) is 5.44. The molecule has 0 aliphatic rings. The van der Waals surface area contributed by atoms with Crippen LogP contribution in [0.4, 0.5) is 0 Å². The number of halogens is 1. The van der Waals surface area contributed by atoms with Crippen LogP contribution in [-0.4, -0.2) is 37.5 Å². The number of hydrogen-bond acceptors (Lipinski definition) is 5. The van der Waals surface area contributed by atoms with Crippen LogP contribution >= 0.6 is 23.4 Å². The molecule has 3 aromatic rings. The Morgan fingerprint density at radius 2 is 2.35 bits per heavy atom. The van der Waals surface area contributed by atoms with E-state index < -0.39 is 5.25 Å². The maximum atomic E-state index is 12.3. The second-order valence-corrected chi connectivity index (χ2v) is 7.20. The first-order valence-corrected chi connectivity index (χ1v) is 9.04. The largest absolute Gasteiger partial charge is 0.352 e. The van der Waals surface area contributed by atoms with Crippen molar-refractivity contribution in [2.24, 2.45) is 0 Å². The van der Waals surface area contributed by atoms with E-state index in [1.54, 1.807) is 35.9 Å². The SMILES string of the molecule is C=CCNC(=O)[C@@H](C)Sc1nc2c(cnn2-c2cccc(Cl)c2)c(=O)[nH]1. The molecule has 0 bridgehead atoms. The van der Waals surface area contributed by atoms with Gasteiger partial charge in [-0.1, -0.05) is 35.5 Å². The highest BCUT2D eigenvalue weighted by Gasteiger charge is 2.17. The van der Waals surface area contributed by atoms with Gasteiger partial charge in [-0.05, 0) is 25.1 Å². The molecule has 0 aliphatic carbocycles. The van der Waals surface area contributed by atoms with Gasteiger partial charge in [0.25, 0.3) is 5.56 Å². The molecule has 0 spiro atoms. The van der Waals surface area contributed by atoms with Crippen LogP contribution in [0.15, 0.2) is 53.1 Å². The van der Waals surface area contributed by atoms with Crippen molar-refractivity contribution in [3.8, 4) is 5.69 Å². The van der Waals surface area contributed by atoms with E-state index in [1.165, 1.54) is 6.20 Å². The summed E-state index contributed by atoms with van der Waals surface area (Å²) in [5.41, 5.74) is 0.778. The molecule has 0 aliphatic heterocycles. The van der Waals surface area contributed by atoms with Crippen molar-refractivity contribution in [1.29, 1.82) is 0 Å². The highest BCUT2D eigenvalue weighted by molar-refractivity contribution is 8.00. The van der Waals surface area contributed by atoms with Gasteiger partial charge in [0.15, 0.2) is 10.8 Å². The minimum atomic E-state index is -0.432. The molecule has 26 heavy (non-hydrogen) atoms. The zero-order chi connectivity index (χ0) is 18.7. The molecule has 2 aromatic heterocycles. The number of carbonyl (C=O) groups excluding carboxylic acids is 1. The Morgan fingerprint density at radius 1 is 1.54 bits per heavy atom. The van der Waals surface area contributed by atoms with E-state index >= 15 is 0 Å². The fraction of sp³-hybridized carbons (Fsp3) is 0.176. The Labute approximate surface area is 158 Å². The average molecular weight is 390 g/mol. The van der Waals surface area contributed by atoms with Crippen LogP contribution < -0.4 is 10.9 Å². The Bertz CT molecular complexity index is 1030. The van der Waals surface area contributed by atoms with Crippen molar-refractivity contribution in [2.75, 3.05) is 6.54 Å². The highest BCUT2D eigenvalue weighted by atomic mass is 35.5. The van der Waals surface area contributed by atoms with E-state index in [9.17, 15) is 9.59 Å². The van der Waals surface area contributed by atoms with Crippen LogP contribution in [0.2, 0.25) is 5.02 Å². The quantitative estimate of drug-likeness (QED) is 0.384. The lowest BCUT2D eigenvalue weighted by atomic mass is 10.3. The summed E-state index contributed by atoms with van der Waals surface area (Å²) in [6.45, 7) is 5.68. The average Bonchev–Trinajstić information content (AvgIpc) is 3.04. The monoisotopic (exact) mass is 389 g/mol. The maximum Gasteiger partial charge on any atom is 0.262 e. The Kier molecular flexibility index (Phi) is 5.43. The van der Waals surface area contributed by atoms with Gasteiger partial charge in [0, 0.05) is 11.6 Å². The molecule has 134 valence electrons. The number of nitrogens with one attached hydrogen (secondary N) is 2. The third-order valence-electron chi connectivity index (χ3n) is 3.55. The summed E-state index contributed by atoms with van der Waals surface area (Å²) in [5, 5.41) is 7.77. The van der Waals surface area contributed by atoms with Gasteiger partial charge in [0.1, 0.15) is 5.39 Å². The summed E-state index contributed by atoms with van der Waals surface area (Å²) < 4.78 is 1.54. The van der Waals surface area contributed by atoms with E-state index in [1.807, 2.05) is 6.07 Å². The molecule has 2 heterocycles. The molecule has 0 fully saturated rings. The molecule has 0 unspecified atom stereocenters. The summed E-state index contributed by atoms with van der Waals surface area (Å²) >= 11 is 7.20. The van der Waals surface area contributed by atoms with E-state index in [-0.39, 0.29) is 11.5 Å². The molecule has 0 saturated carbocycles. The van der Waals surface area contributed by atoms with Gasteiger partial charge in [-0.25, -0.2) is 9.67 Å². The molecule has 7 nitrogen and oxygen atoms in total. The molecule has 3 rings (SSSR count). The third-order valence-corrected chi connectivity index (χ3v) is 4.77. The number of fused-ring (bicyclic) bond motifs is 1. The summed E-state index contributed by atoms with van der Waals surface area (Å²) in [6, 6.07) is 7.09. The van der Waals surface area contributed by atoms with Crippen LogP contribution in [0.5, 0.6) is 0 Å². The van der Waals surface area contributed by atoms with Gasteiger partial charge in [0.05, 0.1) is 17.1 Å². The van der Waals surface area contributed by atoms with Crippen LogP contribution in [0, 0.1) is 0 Å². The second kappa shape index (κ2) is 7.76. The number of hydrogen-bond donors (Lipinski definition) is 2. The standard InChI is InChI=1S/C17H16ClN5O2S/c1-3-7-19-15(24)10(2)26-17-21-14-13(16(25)22-17)9-20-23(14)12-6-4-5-11(18)8-12/h3-6,8-10H,1,7H2,2H3,(H,19,24)(H,21,22,25)/t10-/m1/s1. The van der Waals surface area contributed by atoms with Gasteiger partial charge in [0.2, 0.25) is 5.91 Å². The number of aromatic amines is 1. The van der Waals surface area contributed by atoms with E-state index in [0.717, 1.165) is 11.8 Å². The molecule has 1 amide bonds.